The van der Waals surface area contributed by atoms with Crippen molar-refractivity contribution in [3.63, 3.8) is 0 Å². The van der Waals surface area contributed by atoms with Crippen LogP contribution in [0.4, 0.5) is 14.5 Å². The van der Waals surface area contributed by atoms with Crippen LogP contribution >= 0.6 is 0 Å². The zero-order valence-electron chi connectivity index (χ0n) is 13.7. The van der Waals surface area contributed by atoms with E-state index in [1.807, 2.05) is 0 Å². The summed E-state index contributed by atoms with van der Waals surface area (Å²) in [4.78, 5) is 37.4. The molecule has 2 amide bonds. The fourth-order valence-electron chi connectivity index (χ4n) is 3.95. The molecule has 0 radical (unpaired) electrons. The summed E-state index contributed by atoms with van der Waals surface area (Å²) in [6.45, 7) is -0.483. The van der Waals surface area contributed by atoms with Crippen molar-refractivity contribution in [1.29, 1.82) is 0 Å². The minimum atomic E-state index is -1.84. The number of fused-ring (bicyclic) bond motifs is 1. The molecule has 25 heavy (non-hydrogen) atoms. The lowest BCUT2D eigenvalue weighted by Crippen LogP contribution is -2.50. The van der Waals surface area contributed by atoms with E-state index in [1.165, 1.54) is 13.2 Å². The minimum absolute atomic E-state index is 0.0272. The second-order valence-corrected chi connectivity index (χ2v) is 6.38. The molecule has 2 N–H and O–H groups in total. The zero-order chi connectivity index (χ0) is 18.4. The van der Waals surface area contributed by atoms with Crippen LogP contribution in [0.15, 0.2) is 12.1 Å². The number of ketones is 1. The predicted octanol–water partition coefficient (Wildman–Crippen LogP) is 1.40. The van der Waals surface area contributed by atoms with E-state index in [9.17, 15) is 23.2 Å². The first-order chi connectivity index (χ1) is 11.8. The number of anilines is 1. The Morgan fingerprint density at radius 2 is 2.12 bits per heavy atom. The Bertz CT molecular complexity index is 767. The van der Waals surface area contributed by atoms with Crippen LogP contribution in [0, 0.1) is 17.6 Å². The second kappa shape index (κ2) is 6.18. The largest absolute Gasteiger partial charge is 0.368 e. The Kier molecular flexibility index (Phi) is 4.32. The summed E-state index contributed by atoms with van der Waals surface area (Å²) in [7, 11) is 1.22. The van der Waals surface area contributed by atoms with E-state index in [0.29, 0.717) is 19.3 Å². The van der Waals surface area contributed by atoms with Crippen molar-refractivity contribution in [3.05, 3.63) is 29.3 Å². The molecule has 3 rings (SSSR count). The third kappa shape index (κ3) is 2.52. The van der Waals surface area contributed by atoms with Crippen LogP contribution in [0.25, 0.3) is 0 Å². The molecule has 8 heteroatoms. The van der Waals surface area contributed by atoms with Gasteiger partial charge in [-0.05, 0) is 25.0 Å². The monoisotopic (exact) mass is 352 g/mol. The van der Waals surface area contributed by atoms with Gasteiger partial charge in [-0.2, -0.15) is 0 Å². The van der Waals surface area contributed by atoms with Gasteiger partial charge in [0.2, 0.25) is 5.91 Å². The van der Waals surface area contributed by atoms with Crippen molar-refractivity contribution in [2.75, 3.05) is 18.6 Å². The minimum Gasteiger partial charge on any atom is -0.368 e. The number of halogens is 2. The molecule has 2 aliphatic rings. The lowest BCUT2D eigenvalue weighted by Gasteiger charge is -2.37. The molecule has 1 saturated carbocycles. The maximum Gasteiger partial charge on any atom is 0.264 e. The fraction of sp³-hybridized carbons (Fsp3) is 0.471. The average molecular weight is 352 g/mol. The third-order valence-corrected chi connectivity index (χ3v) is 4.99. The quantitative estimate of drug-likeness (QED) is 0.887. The van der Waals surface area contributed by atoms with Crippen molar-refractivity contribution in [2.24, 2.45) is 11.7 Å². The molecule has 0 spiro atoms. The molecule has 1 aliphatic carbocycles. The molecule has 6 nitrogen and oxygen atoms in total. The lowest BCUT2D eigenvalue weighted by molar-refractivity contribution is -0.152. The van der Waals surface area contributed by atoms with Crippen molar-refractivity contribution in [2.45, 2.75) is 31.3 Å². The van der Waals surface area contributed by atoms with Crippen LogP contribution < -0.4 is 10.6 Å². The van der Waals surface area contributed by atoms with Crippen LogP contribution in [0.2, 0.25) is 0 Å². The number of benzene rings is 1. The van der Waals surface area contributed by atoms with Crippen LogP contribution in [-0.2, 0) is 24.7 Å². The second-order valence-electron chi connectivity index (χ2n) is 6.38. The molecule has 1 aliphatic heterocycles. The summed E-state index contributed by atoms with van der Waals surface area (Å²) >= 11 is 0. The molecular weight excluding hydrogens is 334 g/mol. The van der Waals surface area contributed by atoms with Gasteiger partial charge in [-0.1, -0.05) is 0 Å². The van der Waals surface area contributed by atoms with Gasteiger partial charge in [0.15, 0.2) is 17.2 Å². The van der Waals surface area contributed by atoms with E-state index >= 15 is 0 Å². The summed E-state index contributed by atoms with van der Waals surface area (Å²) in [5.41, 5.74) is 3.14. The Labute approximate surface area is 142 Å². The summed E-state index contributed by atoms with van der Waals surface area (Å²) in [5, 5.41) is 0. The maximum atomic E-state index is 14.7. The number of hydrogen-bond donors (Lipinski definition) is 1. The smallest absolute Gasteiger partial charge is 0.264 e. The van der Waals surface area contributed by atoms with Gasteiger partial charge < -0.3 is 10.5 Å². The van der Waals surface area contributed by atoms with E-state index in [2.05, 4.69) is 0 Å². The molecule has 0 saturated heterocycles. The molecule has 134 valence electrons. The Hall–Kier alpha value is -2.35. The van der Waals surface area contributed by atoms with Gasteiger partial charge in [0, 0.05) is 25.9 Å². The average Bonchev–Trinajstić information content (AvgIpc) is 2.80. The number of Topliss-reactive ketones (excluding diaryl/α,β-unsaturated/α-hetero) is 1. The van der Waals surface area contributed by atoms with Gasteiger partial charge >= 0.3 is 0 Å². The first kappa shape index (κ1) is 17.5. The predicted molar refractivity (Wildman–Crippen MR) is 83.6 cm³/mol. The SMILES string of the molecule is COC1(C2CCCC(=O)C2)C(=O)N(CC(N)=O)c2ccc(F)c(F)c21. The van der Waals surface area contributed by atoms with Gasteiger partial charge in [-0.25, -0.2) is 8.78 Å². The van der Waals surface area contributed by atoms with Crippen LogP contribution in [0.3, 0.4) is 0 Å². The Morgan fingerprint density at radius 1 is 1.40 bits per heavy atom. The van der Waals surface area contributed by atoms with Crippen LogP contribution in [0.5, 0.6) is 0 Å². The van der Waals surface area contributed by atoms with Gasteiger partial charge in [0.1, 0.15) is 12.3 Å². The van der Waals surface area contributed by atoms with Crippen molar-refractivity contribution in [3.8, 4) is 0 Å². The topological polar surface area (TPSA) is 89.7 Å². The standard InChI is InChI=1S/C17H18F2N2O4/c1-25-17(9-3-2-4-10(22)7-9)14-12(6-5-11(18)15(14)19)21(16(17)24)8-13(20)23/h5-6,9H,2-4,7-8H2,1H3,(H2,20,23). The van der Waals surface area contributed by atoms with Crippen LogP contribution in [-0.4, -0.2) is 31.3 Å². The molecule has 1 aromatic carbocycles. The highest BCUT2D eigenvalue weighted by Crippen LogP contribution is 2.51. The first-order valence-corrected chi connectivity index (χ1v) is 7.98. The number of methoxy groups -OCH3 is 1. The van der Waals surface area contributed by atoms with Gasteiger partial charge in [0.25, 0.3) is 5.91 Å². The zero-order valence-corrected chi connectivity index (χ0v) is 13.7. The number of carbonyl (C=O) groups is 3. The molecular formula is C17H18F2N2O4. The Balaban J connectivity index is 2.22. The van der Waals surface area contributed by atoms with E-state index in [4.69, 9.17) is 10.5 Å². The van der Waals surface area contributed by atoms with Crippen molar-refractivity contribution < 1.29 is 27.9 Å². The number of nitrogens with zero attached hydrogens (tertiary/aromatic N) is 1. The number of primary amides is 1. The number of carbonyl (C=O) groups excluding carboxylic acids is 3. The number of ether oxygens (including phenoxy) is 1. The molecule has 2 unspecified atom stereocenters. The van der Waals surface area contributed by atoms with Gasteiger partial charge in [-0.3, -0.25) is 19.3 Å². The van der Waals surface area contributed by atoms with E-state index < -0.39 is 41.5 Å². The van der Waals surface area contributed by atoms with Crippen molar-refractivity contribution in [1.82, 2.24) is 0 Å². The van der Waals surface area contributed by atoms with Crippen molar-refractivity contribution >= 4 is 23.3 Å². The molecule has 0 aromatic heterocycles. The molecule has 1 aromatic rings. The van der Waals surface area contributed by atoms with Gasteiger partial charge in [-0.15, -0.1) is 0 Å². The Morgan fingerprint density at radius 3 is 2.72 bits per heavy atom. The van der Waals surface area contributed by atoms with Gasteiger partial charge in [0.05, 0.1) is 11.3 Å². The van der Waals surface area contributed by atoms with E-state index in [-0.39, 0.29) is 23.5 Å². The fourth-order valence-corrected chi connectivity index (χ4v) is 3.95. The maximum absolute atomic E-state index is 14.7. The van der Waals surface area contributed by atoms with E-state index in [0.717, 1.165) is 11.0 Å². The third-order valence-electron chi connectivity index (χ3n) is 4.99. The van der Waals surface area contributed by atoms with Crippen LogP contribution in [0.1, 0.15) is 31.2 Å². The molecule has 1 heterocycles. The molecule has 2 atom stereocenters. The lowest BCUT2D eigenvalue weighted by atomic mass is 9.73. The molecule has 0 bridgehead atoms. The highest BCUT2D eigenvalue weighted by molar-refractivity contribution is 6.10. The summed E-state index contributed by atoms with van der Waals surface area (Å²) < 4.78 is 34.1. The highest BCUT2D eigenvalue weighted by Gasteiger charge is 2.59. The summed E-state index contributed by atoms with van der Waals surface area (Å²) in [6, 6.07) is 2.10. The first-order valence-electron chi connectivity index (χ1n) is 7.98. The summed E-state index contributed by atoms with van der Waals surface area (Å²) in [5.74, 6) is -4.54. The highest BCUT2D eigenvalue weighted by atomic mass is 19.2. The molecule has 1 fully saturated rings. The summed E-state index contributed by atoms with van der Waals surface area (Å²) in [6.07, 6.45) is 1.39. The number of hydrogen-bond acceptors (Lipinski definition) is 4. The number of rotatable bonds is 4. The van der Waals surface area contributed by atoms with E-state index in [1.54, 1.807) is 0 Å². The normalized spacial score (nSPS) is 26.0. The number of amides is 2. The number of nitrogens with two attached hydrogens (primary N) is 1.